The molecule has 0 saturated heterocycles. The van der Waals surface area contributed by atoms with Gasteiger partial charge in [-0.05, 0) is 92.1 Å². The van der Waals surface area contributed by atoms with Crippen molar-refractivity contribution in [2.75, 3.05) is 5.32 Å². The number of hydrogen-bond acceptors (Lipinski definition) is 2. The molecule has 2 aliphatic heterocycles. The number of fused-ring (bicyclic) bond motifs is 2. The van der Waals surface area contributed by atoms with E-state index in [2.05, 4.69) is 45.1 Å². The lowest BCUT2D eigenvalue weighted by molar-refractivity contribution is -0.110. The molecule has 0 radical (unpaired) electrons. The molecule has 0 atom stereocenters. The Labute approximate surface area is 171 Å². The Bertz CT molecular complexity index is 1020. The maximum atomic E-state index is 12.6. The first-order valence-electron chi connectivity index (χ1n) is 9.84. The van der Waals surface area contributed by atoms with Crippen LogP contribution < -0.4 is 10.1 Å². The van der Waals surface area contributed by atoms with Crippen molar-refractivity contribution >= 4 is 34.8 Å². The number of amides is 1. The average molecular weight is 396 g/mol. The van der Waals surface area contributed by atoms with Crippen molar-refractivity contribution in [2.45, 2.75) is 59.0 Å². The molecule has 4 rings (SSSR count). The molecule has 3 nitrogen and oxygen atoms in total. The number of carbonyl (C=O) groups excluding carboxylic acids is 1. The quantitative estimate of drug-likeness (QED) is 0.600. The van der Waals surface area contributed by atoms with Crippen LogP contribution in [0, 0.1) is 6.92 Å². The number of anilines is 1. The Morgan fingerprint density at radius 3 is 2.71 bits per heavy atom. The molecular weight excluding hydrogens is 370 g/mol. The molecule has 0 spiro atoms. The second-order valence-electron chi connectivity index (χ2n) is 8.72. The zero-order valence-corrected chi connectivity index (χ0v) is 17.8. The number of aryl methyl sites for hydroxylation is 1. The maximum absolute atomic E-state index is 12.6. The van der Waals surface area contributed by atoms with Gasteiger partial charge in [0.2, 0.25) is 0 Å². The second kappa shape index (κ2) is 6.66. The first-order valence-corrected chi connectivity index (χ1v) is 10.2. The maximum Gasteiger partial charge on any atom is 0.256 e. The average Bonchev–Trinajstić information content (AvgIpc) is 2.93. The first-order chi connectivity index (χ1) is 13.2. The monoisotopic (exact) mass is 395 g/mol. The van der Waals surface area contributed by atoms with Crippen LogP contribution in [0.15, 0.2) is 24.3 Å². The van der Waals surface area contributed by atoms with E-state index in [9.17, 15) is 4.79 Å². The molecule has 146 valence electrons. The highest BCUT2D eigenvalue weighted by Crippen LogP contribution is 2.42. The van der Waals surface area contributed by atoms with Gasteiger partial charge in [-0.25, -0.2) is 0 Å². The molecule has 2 aliphatic rings. The fourth-order valence-electron chi connectivity index (χ4n) is 4.07. The van der Waals surface area contributed by atoms with Crippen LogP contribution in [0.25, 0.3) is 11.6 Å². The second-order valence-corrected chi connectivity index (χ2v) is 9.13. The largest absolute Gasteiger partial charge is 0.487 e. The highest BCUT2D eigenvalue weighted by atomic mass is 35.5. The van der Waals surface area contributed by atoms with Crippen LogP contribution in [-0.4, -0.2) is 11.5 Å². The van der Waals surface area contributed by atoms with Crippen molar-refractivity contribution in [1.29, 1.82) is 0 Å². The fourth-order valence-corrected chi connectivity index (χ4v) is 4.23. The summed E-state index contributed by atoms with van der Waals surface area (Å²) in [5.74, 6) is 1.27. The molecular formula is C24H26ClNO2. The summed E-state index contributed by atoms with van der Waals surface area (Å²) in [6.07, 6.45) is 3.94. The van der Waals surface area contributed by atoms with E-state index < -0.39 is 0 Å². The minimum atomic E-state index is -0.144. The topological polar surface area (TPSA) is 38.3 Å². The molecule has 28 heavy (non-hydrogen) atoms. The van der Waals surface area contributed by atoms with Crippen LogP contribution in [0.2, 0.25) is 5.02 Å². The summed E-state index contributed by atoms with van der Waals surface area (Å²) < 4.78 is 6.33. The Morgan fingerprint density at radius 1 is 1.25 bits per heavy atom. The van der Waals surface area contributed by atoms with E-state index in [4.69, 9.17) is 16.3 Å². The van der Waals surface area contributed by atoms with Gasteiger partial charge in [0.15, 0.2) is 0 Å². The molecule has 2 heterocycles. The van der Waals surface area contributed by atoms with Crippen molar-refractivity contribution in [2.24, 2.45) is 0 Å². The highest BCUT2D eigenvalue weighted by molar-refractivity contribution is 6.37. The van der Waals surface area contributed by atoms with Gasteiger partial charge in [0.25, 0.3) is 5.91 Å². The Morgan fingerprint density at radius 2 is 2.00 bits per heavy atom. The van der Waals surface area contributed by atoms with Crippen LogP contribution in [0.1, 0.15) is 67.9 Å². The van der Waals surface area contributed by atoms with Gasteiger partial charge in [0.1, 0.15) is 11.4 Å². The molecule has 0 fully saturated rings. The van der Waals surface area contributed by atoms with Crippen LogP contribution in [-0.2, 0) is 11.2 Å². The van der Waals surface area contributed by atoms with Crippen molar-refractivity contribution in [1.82, 2.24) is 0 Å². The van der Waals surface area contributed by atoms with E-state index in [-0.39, 0.29) is 11.5 Å². The third-order valence-corrected chi connectivity index (χ3v) is 6.10. The predicted molar refractivity (Wildman–Crippen MR) is 116 cm³/mol. The molecule has 1 N–H and O–H groups in total. The first kappa shape index (κ1) is 19.1. The Kier molecular flexibility index (Phi) is 4.54. The zero-order chi connectivity index (χ0) is 20.2. The standard InChI is InChI=1S/C24H26ClNO2/c1-13(2)17-11-15(10-16-8-9-24(4,5)28-22(16)17)12-18-21-14(3)19(25)6-7-20(21)26-23(18)27/h6-7,10-13H,8-9H2,1-5H3,(H,26,27)/b18-12-. The summed E-state index contributed by atoms with van der Waals surface area (Å²) in [4.78, 5) is 12.6. The van der Waals surface area contributed by atoms with Crippen LogP contribution in [0.5, 0.6) is 5.75 Å². The smallest absolute Gasteiger partial charge is 0.256 e. The molecule has 0 bridgehead atoms. The lowest BCUT2D eigenvalue weighted by Gasteiger charge is -2.35. The third-order valence-electron chi connectivity index (χ3n) is 5.69. The van der Waals surface area contributed by atoms with E-state index in [0.29, 0.717) is 16.5 Å². The van der Waals surface area contributed by atoms with E-state index in [0.717, 1.165) is 41.0 Å². The minimum Gasteiger partial charge on any atom is -0.487 e. The molecule has 2 aromatic carbocycles. The highest BCUT2D eigenvalue weighted by Gasteiger charge is 2.30. The minimum absolute atomic E-state index is 0.0819. The molecule has 1 amide bonds. The van der Waals surface area contributed by atoms with Gasteiger partial charge in [-0.1, -0.05) is 25.4 Å². The molecule has 4 heteroatoms. The van der Waals surface area contributed by atoms with Crippen LogP contribution in [0.3, 0.4) is 0 Å². The molecule has 0 saturated carbocycles. The van der Waals surface area contributed by atoms with Gasteiger partial charge in [-0.15, -0.1) is 0 Å². The number of halogens is 1. The SMILES string of the molecule is Cc1c(Cl)ccc2c1/C(=C/c1cc3c(c(C(C)C)c1)OC(C)(C)CC3)C(=O)N2. The van der Waals surface area contributed by atoms with E-state index in [1.165, 1.54) is 11.1 Å². The molecule has 2 aromatic rings. The van der Waals surface area contributed by atoms with Gasteiger partial charge >= 0.3 is 0 Å². The summed E-state index contributed by atoms with van der Waals surface area (Å²) in [5.41, 5.74) is 6.62. The number of rotatable bonds is 2. The summed E-state index contributed by atoms with van der Waals surface area (Å²) >= 11 is 6.31. The number of benzene rings is 2. The molecule has 0 aliphatic carbocycles. The number of nitrogens with one attached hydrogen (secondary N) is 1. The van der Waals surface area contributed by atoms with Crippen LogP contribution in [0.4, 0.5) is 5.69 Å². The Hall–Kier alpha value is -2.26. The Balaban J connectivity index is 1.85. The molecule has 0 aromatic heterocycles. The summed E-state index contributed by atoms with van der Waals surface area (Å²) in [6.45, 7) is 10.6. The predicted octanol–water partition coefficient (Wildman–Crippen LogP) is 6.37. The van der Waals surface area contributed by atoms with Crippen molar-refractivity contribution in [3.05, 3.63) is 57.1 Å². The van der Waals surface area contributed by atoms with Gasteiger partial charge in [-0.2, -0.15) is 0 Å². The van der Waals surface area contributed by atoms with Gasteiger partial charge < -0.3 is 10.1 Å². The zero-order valence-electron chi connectivity index (χ0n) is 17.1. The summed E-state index contributed by atoms with van der Waals surface area (Å²) in [7, 11) is 0. The van der Waals surface area contributed by atoms with E-state index in [1.807, 2.05) is 25.1 Å². The van der Waals surface area contributed by atoms with Gasteiger partial charge in [-0.3, -0.25) is 4.79 Å². The summed E-state index contributed by atoms with van der Waals surface area (Å²) in [6, 6.07) is 8.01. The van der Waals surface area contributed by atoms with Crippen molar-refractivity contribution in [3.63, 3.8) is 0 Å². The lowest BCUT2D eigenvalue weighted by atomic mass is 9.88. The summed E-state index contributed by atoms with van der Waals surface area (Å²) in [5, 5.41) is 3.63. The van der Waals surface area contributed by atoms with E-state index in [1.54, 1.807) is 0 Å². The van der Waals surface area contributed by atoms with Gasteiger partial charge in [0, 0.05) is 21.8 Å². The van der Waals surface area contributed by atoms with E-state index >= 15 is 0 Å². The van der Waals surface area contributed by atoms with Crippen LogP contribution >= 0.6 is 11.6 Å². The number of hydrogen-bond donors (Lipinski definition) is 1. The number of ether oxygens (including phenoxy) is 1. The van der Waals surface area contributed by atoms with Gasteiger partial charge in [0.05, 0.1) is 0 Å². The van der Waals surface area contributed by atoms with Crippen molar-refractivity contribution < 1.29 is 9.53 Å². The van der Waals surface area contributed by atoms with Crippen molar-refractivity contribution in [3.8, 4) is 5.75 Å². The molecule has 0 unspecified atom stereocenters. The third kappa shape index (κ3) is 3.22. The lowest BCUT2D eigenvalue weighted by Crippen LogP contribution is -2.33. The normalized spacial score (nSPS) is 18.7. The fraction of sp³-hybridized carbons (Fsp3) is 0.375. The number of carbonyl (C=O) groups is 1.